The van der Waals surface area contributed by atoms with E-state index < -0.39 is 0 Å². The number of nitrogens with zero attached hydrogens (tertiary/aromatic N) is 5. The van der Waals surface area contributed by atoms with Crippen LogP contribution in [0.25, 0.3) is 0 Å². The number of hydrogen-bond acceptors (Lipinski definition) is 5. The quantitative estimate of drug-likeness (QED) is 0.792. The van der Waals surface area contributed by atoms with E-state index in [0.717, 1.165) is 55.4 Å². The molecule has 0 aliphatic carbocycles. The van der Waals surface area contributed by atoms with Gasteiger partial charge in [0.2, 0.25) is 5.91 Å². The third kappa shape index (κ3) is 4.04. The lowest BCUT2D eigenvalue weighted by Gasteiger charge is -2.31. The number of carbonyl (C=O) groups excluding carboxylic acids is 1. The zero-order valence-electron chi connectivity index (χ0n) is 16.8. The van der Waals surface area contributed by atoms with Gasteiger partial charge in [-0.1, -0.05) is 18.2 Å². The summed E-state index contributed by atoms with van der Waals surface area (Å²) in [4.78, 5) is 16.9. The van der Waals surface area contributed by atoms with Gasteiger partial charge in [0.25, 0.3) is 0 Å². The molecule has 0 N–H and O–H groups in total. The average Bonchev–Trinajstić information content (AvgIpc) is 3.13. The zero-order chi connectivity index (χ0) is 19.5. The highest BCUT2D eigenvalue weighted by molar-refractivity contribution is 5.76. The molecule has 0 saturated carbocycles. The Labute approximate surface area is 166 Å². The van der Waals surface area contributed by atoms with Crippen molar-refractivity contribution in [2.75, 3.05) is 33.3 Å². The van der Waals surface area contributed by atoms with Gasteiger partial charge in [-0.15, -0.1) is 10.2 Å². The van der Waals surface area contributed by atoms with Crippen molar-refractivity contribution in [2.24, 2.45) is 0 Å². The predicted octanol–water partition coefficient (Wildman–Crippen LogP) is 2.21. The molecule has 1 amide bonds. The molecule has 3 heterocycles. The van der Waals surface area contributed by atoms with E-state index in [2.05, 4.69) is 26.7 Å². The summed E-state index contributed by atoms with van der Waals surface area (Å²) in [5, 5.41) is 8.88. The van der Waals surface area contributed by atoms with Crippen LogP contribution in [0.2, 0.25) is 0 Å². The molecule has 4 rings (SSSR count). The second-order valence-corrected chi connectivity index (χ2v) is 7.88. The van der Waals surface area contributed by atoms with Crippen LogP contribution in [-0.4, -0.2) is 63.8 Å². The number of carbonyl (C=O) groups is 1. The summed E-state index contributed by atoms with van der Waals surface area (Å²) < 4.78 is 8.01. The Morgan fingerprint density at radius 2 is 1.93 bits per heavy atom. The lowest BCUT2D eigenvalue weighted by Crippen LogP contribution is -2.39. The molecule has 0 atom stereocenters. The number of benzene rings is 1. The normalized spacial score (nSPS) is 18.1. The van der Waals surface area contributed by atoms with Gasteiger partial charge in [0.05, 0.1) is 19.6 Å². The van der Waals surface area contributed by atoms with Gasteiger partial charge in [-0.3, -0.25) is 4.79 Å². The summed E-state index contributed by atoms with van der Waals surface area (Å²) in [6.45, 7) is 6.67. The van der Waals surface area contributed by atoms with Gasteiger partial charge in [-0.25, -0.2) is 0 Å². The summed E-state index contributed by atoms with van der Waals surface area (Å²) in [5.74, 6) is 3.47. The van der Waals surface area contributed by atoms with Gasteiger partial charge in [0, 0.05) is 19.0 Å². The summed E-state index contributed by atoms with van der Waals surface area (Å²) >= 11 is 0. The van der Waals surface area contributed by atoms with Crippen molar-refractivity contribution in [1.82, 2.24) is 24.6 Å². The van der Waals surface area contributed by atoms with Gasteiger partial charge in [-0.2, -0.15) is 0 Å². The van der Waals surface area contributed by atoms with Crippen LogP contribution in [0.15, 0.2) is 24.3 Å². The van der Waals surface area contributed by atoms with Crippen molar-refractivity contribution in [3.05, 3.63) is 41.5 Å². The molecule has 1 aromatic heterocycles. The van der Waals surface area contributed by atoms with Crippen molar-refractivity contribution in [1.29, 1.82) is 0 Å². The molecule has 7 heteroatoms. The molecular formula is C21H29N5O2. The third-order valence-electron chi connectivity index (χ3n) is 5.89. The number of aromatic nitrogens is 3. The van der Waals surface area contributed by atoms with E-state index >= 15 is 0 Å². The number of amides is 1. The lowest BCUT2D eigenvalue weighted by atomic mass is 9.96. The van der Waals surface area contributed by atoms with Crippen molar-refractivity contribution in [2.45, 2.75) is 45.2 Å². The van der Waals surface area contributed by atoms with Gasteiger partial charge in [0.1, 0.15) is 11.6 Å². The monoisotopic (exact) mass is 383 g/mol. The first-order chi connectivity index (χ1) is 13.6. The first-order valence-corrected chi connectivity index (χ1v) is 10.2. The van der Waals surface area contributed by atoms with Crippen molar-refractivity contribution in [3.8, 4) is 5.75 Å². The van der Waals surface area contributed by atoms with Crippen LogP contribution >= 0.6 is 0 Å². The third-order valence-corrected chi connectivity index (χ3v) is 5.89. The van der Waals surface area contributed by atoms with E-state index in [1.807, 2.05) is 36.1 Å². The molecule has 28 heavy (non-hydrogen) atoms. The maximum Gasteiger partial charge on any atom is 0.226 e. The highest BCUT2D eigenvalue weighted by atomic mass is 16.5. The highest BCUT2D eigenvalue weighted by Gasteiger charge is 2.29. The second kappa shape index (κ2) is 8.31. The number of ether oxygens (including phenoxy) is 1. The number of aryl methyl sites for hydroxylation is 1. The summed E-state index contributed by atoms with van der Waals surface area (Å²) in [6, 6.07) is 7.88. The van der Waals surface area contributed by atoms with E-state index in [-0.39, 0.29) is 5.91 Å². The Bertz CT molecular complexity index is 826. The Balaban J connectivity index is 1.31. The fourth-order valence-corrected chi connectivity index (χ4v) is 4.09. The summed E-state index contributed by atoms with van der Waals surface area (Å²) in [5.41, 5.74) is 1.09. The summed E-state index contributed by atoms with van der Waals surface area (Å²) in [6.07, 6.45) is 2.64. The Morgan fingerprint density at radius 3 is 2.71 bits per heavy atom. The molecule has 0 bridgehead atoms. The molecule has 1 saturated heterocycles. The molecule has 0 unspecified atom stereocenters. The van der Waals surface area contributed by atoms with Crippen LogP contribution in [0, 0.1) is 6.92 Å². The molecule has 2 aliphatic rings. The van der Waals surface area contributed by atoms with E-state index in [1.54, 1.807) is 0 Å². The molecule has 0 spiro atoms. The van der Waals surface area contributed by atoms with Gasteiger partial charge < -0.3 is 19.1 Å². The summed E-state index contributed by atoms with van der Waals surface area (Å²) in [7, 11) is 2.17. The number of para-hydroxylation sites is 1. The number of fused-ring (bicyclic) bond motifs is 1. The first kappa shape index (κ1) is 18.9. The average molecular weight is 383 g/mol. The van der Waals surface area contributed by atoms with Crippen LogP contribution < -0.4 is 4.74 Å². The number of likely N-dealkylation sites (tertiary alicyclic amines) is 1. The fraction of sp³-hybridized carbons (Fsp3) is 0.571. The van der Waals surface area contributed by atoms with E-state index in [9.17, 15) is 4.79 Å². The SMILES string of the molecule is Cc1ccccc1OCCC(=O)N1CCn2c(nnc2C2CCN(C)CC2)C1. The molecule has 2 aliphatic heterocycles. The fourth-order valence-electron chi connectivity index (χ4n) is 4.09. The Hall–Kier alpha value is -2.41. The molecule has 150 valence electrons. The minimum atomic E-state index is 0.115. The van der Waals surface area contributed by atoms with Crippen molar-refractivity contribution >= 4 is 5.91 Å². The minimum Gasteiger partial charge on any atom is -0.493 e. The Kier molecular flexibility index (Phi) is 5.62. The molecular weight excluding hydrogens is 354 g/mol. The van der Waals surface area contributed by atoms with E-state index in [1.165, 1.54) is 0 Å². The smallest absolute Gasteiger partial charge is 0.226 e. The molecule has 2 aromatic rings. The van der Waals surface area contributed by atoms with E-state index in [0.29, 0.717) is 32.0 Å². The maximum atomic E-state index is 12.6. The standard InChI is InChI=1S/C21H29N5O2/c1-16-5-3-4-6-18(16)28-14-9-20(27)25-12-13-26-19(15-25)22-23-21(26)17-7-10-24(2)11-8-17/h3-6,17H,7-15H2,1-2H3. The predicted molar refractivity (Wildman–Crippen MR) is 106 cm³/mol. The number of piperidine rings is 1. The number of rotatable bonds is 5. The molecule has 0 radical (unpaired) electrons. The minimum absolute atomic E-state index is 0.115. The van der Waals surface area contributed by atoms with Crippen molar-refractivity contribution in [3.63, 3.8) is 0 Å². The molecule has 1 fully saturated rings. The largest absolute Gasteiger partial charge is 0.493 e. The van der Waals surface area contributed by atoms with E-state index in [4.69, 9.17) is 4.74 Å². The van der Waals surface area contributed by atoms with Gasteiger partial charge >= 0.3 is 0 Å². The molecule has 7 nitrogen and oxygen atoms in total. The van der Waals surface area contributed by atoms with Crippen LogP contribution in [0.4, 0.5) is 0 Å². The highest BCUT2D eigenvalue weighted by Crippen LogP contribution is 2.28. The zero-order valence-corrected chi connectivity index (χ0v) is 16.8. The number of hydrogen-bond donors (Lipinski definition) is 0. The van der Waals surface area contributed by atoms with Crippen LogP contribution in [0.5, 0.6) is 5.75 Å². The maximum absolute atomic E-state index is 12.6. The van der Waals surface area contributed by atoms with Crippen molar-refractivity contribution < 1.29 is 9.53 Å². The van der Waals surface area contributed by atoms with Gasteiger partial charge in [-0.05, 0) is 51.5 Å². The Morgan fingerprint density at radius 1 is 1.14 bits per heavy atom. The lowest BCUT2D eigenvalue weighted by molar-refractivity contribution is -0.133. The van der Waals surface area contributed by atoms with Gasteiger partial charge in [0.15, 0.2) is 5.82 Å². The van der Waals surface area contributed by atoms with Crippen LogP contribution in [0.1, 0.15) is 42.4 Å². The van der Waals surface area contributed by atoms with Crippen LogP contribution in [0.3, 0.4) is 0 Å². The second-order valence-electron chi connectivity index (χ2n) is 7.88. The first-order valence-electron chi connectivity index (χ1n) is 10.2. The molecule has 1 aromatic carbocycles. The van der Waals surface area contributed by atoms with Crippen LogP contribution in [-0.2, 0) is 17.9 Å². The topological polar surface area (TPSA) is 63.5 Å².